The van der Waals surface area contributed by atoms with E-state index in [9.17, 15) is 24.3 Å². The van der Waals surface area contributed by atoms with Gasteiger partial charge in [-0.05, 0) is 29.9 Å². The van der Waals surface area contributed by atoms with Crippen molar-refractivity contribution in [2.24, 2.45) is 0 Å². The summed E-state index contributed by atoms with van der Waals surface area (Å²) in [5.41, 5.74) is 0.261. The van der Waals surface area contributed by atoms with Crippen LogP contribution in [0, 0.1) is 0 Å². The Hall–Kier alpha value is -2.68. The molecule has 2 aliphatic rings. The maximum atomic E-state index is 12.4. The van der Waals surface area contributed by atoms with Crippen LogP contribution in [0.3, 0.4) is 0 Å². The number of carboxylic acid groups (broad SMARTS) is 1. The van der Waals surface area contributed by atoms with Crippen LogP contribution in [0.25, 0.3) is 0 Å². The maximum absolute atomic E-state index is 12.4. The van der Waals surface area contributed by atoms with E-state index in [2.05, 4.69) is 5.32 Å². The first-order valence-corrected chi connectivity index (χ1v) is 9.00. The lowest BCUT2D eigenvalue weighted by Crippen LogP contribution is -2.71. The third-order valence-electron chi connectivity index (χ3n) is 4.42. The number of hydrogen-bond acceptors (Lipinski definition) is 6. The summed E-state index contributed by atoms with van der Waals surface area (Å²) in [7, 11) is 0. The quantitative estimate of drug-likeness (QED) is 0.556. The van der Waals surface area contributed by atoms with Crippen LogP contribution in [0.2, 0.25) is 0 Å². The van der Waals surface area contributed by atoms with E-state index >= 15 is 0 Å². The number of aliphatic carboxylic acids is 1. The first-order valence-electron chi connectivity index (χ1n) is 8.12. The lowest BCUT2D eigenvalue weighted by atomic mass is 9.83. The Bertz CT molecular complexity index is 785. The summed E-state index contributed by atoms with van der Waals surface area (Å²) in [6.07, 6.45) is 1.08. The van der Waals surface area contributed by atoms with E-state index in [-0.39, 0.29) is 30.7 Å². The first-order chi connectivity index (χ1) is 12.4. The van der Waals surface area contributed by atoms with Gasteiger partial charge in [-0.15, -0.1) is 11.3 Å². The molecule has 1 saturated heterocycles. The van der Waals surface area contributed by atoms with Crippen molar-refractivity contribution in [3.8, 4) is 0 Å². The van der Waals surface area contributed by atoms with Crippen LogP contribution in [0.1, 0.15) is 24.6 Å². The van der Waals surface area contributed by atoms with Crippen molar-refractivity contribution in [3.05, 3.63) is 33.7 Å². The van der Waals surface area contributed by atoms with Gasteiger partial charge in [0.15, 0.2) is 0 Å². The molecule has 0 unspecified atom stereocenters. The second kappa shape index (κ2) is 7.28. The average molecular weight is 378 g/mol. The molecule has 26 heavy (non-hydrogen) atoms. The predicted molar refractivity (Wildman–Crippen MR) is 91.1 cm³/mol. The number of carbonyl (C=O) groups is 4. The normalized spacial score (nSPS) is 21.7. The van der Waals surface area contributed by atoms with Gasteiger partial charge in [0.25, 0.3) is 5.91 Å². The van der Waals surface area contributed by atoms with Crippen molar-refractivity contribution >= 4 is 35.1 Å². The van der Waals surface area contributed by atoms with Crippen molar-refractivity contribution in [2.45, 2.75) is 38.3 Å². The molecule has 0 saturated carbocycles. The fourth-order valence-electron chi connectivity index (χ4n) is 3.26. The Balaban J connectivity index is 1.69. The Morgan fingerprint density at radius 1 is 1.42 bits per heavy atom. The van der Waals surface area contributed by atoms with Crippen molar-refractivity contribution in [1.29, 1.82) is 0 Å². The van der Waals surface area contributed by atoms with Crippen LogP contribution in [-0.4, -0.2) is 52.4 Å². The lowest BCUT2D eigenvalue weighted by molar-refractivity contribution is -0.156. The third-order valence-corrected chi connectivity index (χ3v) is 5.30. The summed E-state index contributed by atoms with van der Waals surface area (Å²) >= 11 is 1.46. The van der Waals surface area contributed by atoms with Gasteiger partial charge in [0.1, 0.15) is 18.3 Å². The molecule has 0 spiro atoms. The summed E-state index contributed by atoms with van der Waals surface area (Å²) in [4.78, 5) is 49.2. The SMILES string of the molecule is CC(=O)OCC1=C(C(=O)O)N2C(=O)[C@@H](NC(=O)Cc3cccs3)[C@H]2CC1. The van der Waals surface area contributed by atoms with Crippen LogP contribution in [0.4, 0.5) is 0 Å². The molecule has 2 amide bonds. The number of carbonyl (C=O) groups excluding carboxylic acids is 3. The molecule has 138 valence electrons. The number of fused-ring (bicyclic) bond motifs is 1. The summed E-state index contributed by atoms with van der Waals surface area (Å²) in [5, 5.41) is 14.0. The molecule has 8 nitrogen and oxygen atoms in total. The van der Waals surface area contributed by atoms with Gasteiger partial charge in [-0.3, -0.25) is 19.3 Å². The Labute approximate surface area is 153 Å². The van der Waals surface area contributed by atoms with Gasteiger partial charge in [0.05, 0.1) is 12.5 Å². The Morgan fingerprint density at radius 3 is 2.81 bits per heavy atom. The number of ether oxygens (including phenoxy) is 1. The zero-order valence-electron chi connectivity index (χ0n) is 14.1. The van der Waals surface area contributed by atoms with Gasteiger partial charge in [-0.25, -0.2) is 4.79 Å². The molecule has 0 aromatic carbocycles. The fraction of sp³-hybridized carbons (Fsp3) is 0.412. The van der Waals surface area contributed by atoms with Crippen LogP contribution in [0.15, 0.2) is 28.8 Å². The minimum absolute atomic E-state index is 0.142. The van der Waals surface area contributed by atoms with Gasteiger partial charge in [-0.2, -0.15) is 0 Å². The number of carboxylic acids is 1. The lowest BCUT2D eigenvalue weighted by Gasteiger charge is -2.50. The Morgan fingerprint density at radius 2 is 2.19 bits per heavy atom. The van der Waals surface area contributed by atoms with Crippen LogP contribution in [-0.2, 0) is 30.3 Å². The molecule has 0 radical (unpaired) electrons. The molecule has 2 aliphatic heterocycles. The average Bonchev–Trinajstić information content (AvgIpc) is 3.09. The van der Waals surface area contributed by atoms with Gasteiger partial charge in [0.2, 0.25) is 5.91 Å². The molecule has 1 aromatic heterocycles. The number of nitrogens with one attached hydrogen (secondary N) is 1. The zero-order chi connectivity index (χ0) is 18.8. The number of hydrogen-bond donors (Lipinski definition) is 2. The largest absolute Gasteiger partial charge is 0.477 e. The van der Waals surface area contributed by atoms with Gasteiger partial charge in [-0.1, -0.05) is 6.07 Å². The number of nitrogens with zero attached hydrogens (tertiary/aromatic N) is 1. The smallest absolute Gasteiger partial charge is 0.352 e. The fourth-order valence-corrected chi connectivity index (χ4v) is 3.97. The minimum Gasteiger partial charge on any atom is -0.477 e. The molecule has 1 aromatic rings. The van der Waals surface area contributed by atoms with E-state index in [1.807, 2.05) is 17.5 Å². The number of amides is 2. The molecule has 1 fully saturated rings. The van der Waals surface area contributed by atoms with Gasteiger partial charge >= 0.3 is 11.9 Å². The van der Waals surface area contributed by atoms with Crippen molar-refractivity contribution < 1.29 is 29.0 Å². The van der Waals surface area contributed by atoms with Crippen LogP contribution in [0.5, 0.6) is 0 Å². The molecule has 3 rings (SSSR count). The van der Waals surface area contributed by atoms with Crippen molar-refractivity contribution in [1.82, 2.24) is 10.2 Å². The molecule has 9 heteroatoms. The number of thiophene rings is 1. The molecule has 0 aliphatic carbocycles. The second-order valence-electron chi connectivity index (χ2n) is 6.15. The monoisotopic (exact) mass is 378 g/mol. The zero-order valence-corrected chi connectivity index (χ0v) is 14.9. The van der Waals surface area contributed by atoms with E-state index in [1.54, 1.807) is 0 Å². The molecule has 0 bridgehead atoms. The Kier molecular flexibility index (Phi) is 5.08. The summed E-state index contributed by atoms with van der Waals surface area (Å²) < 4.78 is 4.89. The minimum atomic E-state index is -1.24. The van der Waals surface area contributed by atoms with Crippen LogP contribution < -0.4 is 5.32 Å². The molecule has 2 N–H and O–H groups in total. The van der Waals surface area contributed by atoms with Crippen molar-refractivity contribution in [3.63, 3.8) is 0 Å². The van der Waals surface area contributed by atoms with Gasteiger partial charge < -0.3 is 15.2 Å². The highest BCUT2D eigenvalue weighted by molar-refractivity contribution is 7.10. The third kappa shape index (κ3) is 3.48. The predicted octanol–water partition coefficient (Wildman–Crippen LogP) is 0.682. The van der Waals surface area contributed by atoms with Gasteiger partial charge in [0, 0.05) is 11.8 Å². The van der Waals surface area contributed by atoms with E-state index in [0.717, 1.165) is 4.88 Å². The standard InChI is InChI=1S/C17H18N2O6S/c1-9(20)25-8-10-4-5-12-14(16(22)19(12)15(10)17(23)24)18-13(21)7-11-3-2-6-26-11/h2-3,6,12,14H,4-5,7-8H2,1H3,(H,18,21)(H,23,24)/t12-,14+/m1/s1. The molecular formula is C17H18N2O6S. The summed E-state index contributed by atoms with van der Waals surface area (Å²) in [5.74, 6) is -2.48. The molecular weight excluding hydrogens is 360 g/mol. The number of esters is 1. The number of rotatable bonds is 6. The van der Waals surface area contributed by atoms with Crippen molar-refractivity contribution in [2.75, 3.05) is 6.61 Å². The summed E-state index contributed by atoms with van der Waals surface area (Å²) in [6, 6.07) is 2.58. The topological polar surface area (TPSA) is 113 Å². The molecule has 2 atom stereocenters. The first kappa shape index (κ1) is 18.1. The van der Waals surface area contributed by atoms with E-state index in [0.29, 0.717) is 18.4 Å². The van der Waals surface area contributed by atoms with E-state index < -0.39 is 23.9 Å². The number of β-lactam (4-membered cyclic amide) rings is 1. The highest BCUT2D eigenvalue weighted by Gasteiger charge is 2.53. The highest BCUT2D eigenvalue weighted by Crippen LogP contribution is 2.36. The maximum Gasteiger partial charge on any atom is 0.352 e. The van der Waals surface area contributed by atoms with E-state index in [1.165, 1.54) is 23.2 Å². The second-order valence-corrected chi connectivity index (χ2v) is 7.19. The summed E-state index contributed by atoms with van der Waals surface area (Å²) in [6.45, 7) is 1.09. The van der Waals surface area contributed by atoms with E-state index in [4.69, 9.17) is 4.74 Å². The highest BCUT2D eigenvalue weighted by atomic mass is 32.1. The molecule has 3 heterocycles. The van der Waals surface area contributed by atoms with Crippen LogP contribution >= 0.6 is 11.3 Å².